The summed E-state index contributed by atoms with van der Waals surface area (Å²) < 4.78 is 0. The minimum absolute atomic E-state index is 0.0990. The molecule has 3 aromatic rings. The van der Waals surface area contributed by atoms with Crippen LogP contribution >= 0.6 is 11.6 Å². The largest absolute Gasteiger partial charge is 0.324 e. The summed E-state index contributed by atoms with van der Waals surface area (Å²) >= 11 is 5.90. The molecule has 1 aromatic heterocycles. The summed E-state index contributed by atoms with van der Waals surface area (Å²) in [6.45, 7) is 3.80. The zero-order chi connectivity index (χ0) is 16.9. The Kier molecular flexibility index (Phi) is 4.92. The van der Waals surface area contributed by atoms with E-state index < -0.39 is 0 Å². The molecule has 0 saturated carbocycles. The molecule has 24 heavy (non-hydrogen) atoms. The lowest BCUT2D eigenvalue weighted by atomic mass is 9.98. The Morgan fingerprint density at radius 1 is 1.17 bits per heavy atom. The fourth-order valence-corrected chi connectivity index (χ4v) is 2.71. The molecule has 1 atom stereocenters. The third kappa shape index (κ3) is 3.63. The molecule has 0 aliphatic rings. The predicted octanol–water partition coefficient (Wildman–Crippen LogP) is 4.87. The Labute approximate surface area is 146 Å². The van der Waals surface area contributed by atoms with Gasteiger partial charge in [-0.15, -0.1) is 6.58 Å². The van der Waals surface area contributed by atoms with Crippen LogP contribution in [0, 0.1) is 5.92 Å². The number of anilines is 1. The number of rotatable bonds is 5. The van der Waals surface area contributed by atoms with Crippen LogP contribution in [0.15, 0.2) is 73.4 Å². The highest BCUT2D eigenvalue weighted by Crippen LogP contribution is 2.22. The summed E-state index contributed by atoms with van der Waals surface area (Å²) in [5.74, 6) is -0.428. The highest BCUT2D eigenvalue weighted by atomic mass is 35.5. The number of nitrogens with zero attached hydrogens (tertiary/aromatic N) is 1. The van der Waals surface area contributed by atoms with Gasteiger partial charge in [0, 0.05) is 16.6 Å². The van der Waals surface area contributed by atoms with E-state index in [-0.39, 0.29) is 11.8 Å². The molecule has 0 aliphatic carbocycles. The number of fused-ring (bicyclic) bond motifs is 1. The van der Waals surface area contributed by atoms with Gasteiger partial charge in [-0.2, -0.15) is 0 Å². The number of amides is 1. The number of halogens is 1. The normalized spacial score (nSPS) is 11.9. The van der Waals surface area contributed by atoms with Crippen LogP contribution in [0.2, 0.25) is 5.02 Å². The SMILES string of the molecule is C=CC(Cc1ccc(Cl)cc1)C(=O)Nc1cccc2cccnc12. The molecule has 0 saturated heterocycles. The average molecular weight is 337 g/mol. The standard InChI is InChI=1S/C20H17ClN2O/c1-2-15(13-14-8-10-17(21)11-9-14)20(24)23-18-7-3-5-16-6-4-12-22-19(16)18/h2-12,15H,1,13H2,(H,23,24). The number of aromatic nitrogens is 1. The van der Waals surface area contributed by atoms with E-state index in [2.05, 4.69) is 16.9 Å². The Hall–Kier alpha value is -2.65. The Morgan fingerprint density at radius 2 is 1.92 bits per heavy atom. The molecule has 1 heterocycles. The minimum Gasteiger partial charge on any atom is -0.324 e. The molecule has 0 bridgehead atoms. The topological polar surface area (TPSA) is 42.0 Å². The van der Waals surface area contributed by atoms with Gasteiger partial charge in [0.15, 0.2) is 0 Å². The minimum atomic E-state index is -0.329. The van der Waals surface area contributed by atoms with Gasteiger partial charge in [0.1, 0.15) is 0 Å². The van der Waals surface area contributed by atoms with Crippen molar-refractivity contribution in [3.05, 3.63) is 84.0 Å². The van der Waals surface area contributed by atoms with Crippen LogP contribution in [0.1, 0.15) is 5.56 Å². The number of carbonyl (C=O) groups is 1. The number of hydrogen-bond donors (Lipinski definition) is 1. The Balaban J connectivity index is 1.79. The maximum Gasteiger partial charge on any atom is 0.231 e. The van der Waals surface area contributed by atoms with E-state index in [1.165, 1.54) is 0 Å². The lowest BCUT2D eigenvalue weighted by molar-refractivity contribution is -0.118. The third-order valence-electron chi connectivity index (χ3n) is 3.88. The van der Waals surface area contributed by atoms with E-state index in [0.717, 1.165) is 16.5 Å². The van der Waals surface area contributed by atoms with Crippen molar-refractivity contribution in [3.8, 4) is 0 Å². The molecular weight excluding hydrogens is 320 g/mol. The van der Waals surface area contributed by atoms with Crippen molar-refractivity contribution in [2.24, 2.45) is 5.92 Å². The third-order valence-corrected chi connectivity index (χ3v) is 4.13. The Bertz CT molecular complexity index is 869. The summed E-state index contributed by atoms with van der Waals surface area (Å²) in [7, 11) is 0. The number of pyridine rings is 1. The zero-order valence-corrected chi connectivity index (χ0v) is 13.8. The van der Waals surface area contributed by atoms with Gasteiger partial charge in [0.05, 0.1) is 17.1 Å². The van der Waals surface area contributed by atoms with Crippen LogP contribution in [0.3, 0.4) is 0 Å². The summed E-state index contributed by atoms with van der Waals surface area (Å²) in [4.78, 5) is 17.0. The van der Waals surface area contributed by atoms with E-state index in [1.807, 2.05) is 54.6 Å². The van der Waals surface area contributed by atoms with Crippen molar-refractivity contribution in [1.29, 1.82) is 0 Å². The van der Waals surface area contributed by atoms with E-state index in [1.54, 1.807) is 12.3 Å². The first-order chi connectivity index (χ1) is 11.7. The van der Waals surface area contributed by atoms with Crippen LogP contribution in [-0.4, -0.2) is 10.9 Å². The molecule has 3 rings (SSSR count). The predicted molar refractivity (Wildman–Crippen MR) is 99.2 cm³/mol. The lowest BCUT2D eigenvalue weighted by Gasteiger charge is -2.14. The first-order valence-electron chi connectivity index (χ1n) is 7.69. The van der Waals surface area contributed by atoms with Crippen molar-refractivity contribution in [2.45, 2.75) is 6.42 Å². The van der Waals surface area contributed by atoms with Gasteiger partial charge in [-0.25, -0.2) is 0 Å². The fourth-order valence-electron chi connectivity index (χ4n) is 2.59. The zero-order valence-electron chi connectivity index (χ0n) is 13.1. The van der Waals surface area contributed by atoms with Gasteiger partial charge in [-0.3, -0.25) is 9.78 Å². The monoisotopic (exact) mass is 336 g/mol. The number of carbonyl (C=O) groups excluding carboxylic acids is 1. The number of hydrogen-bond acceptors (Lipinski definition) is 2. The summed E-state index contributed by atoms with van der Waals surface area (Å²) in [6, 6.07) is 17.1. The number of nitrogens with one attached hydrogen (secondary N) is 1. The smallest absolute Gasteiger partial charge is 0.231 e. The molecule has 1 amide bonds. The Morgan fingerprint density at radius 3 is 2.67 bits per heavy atom. The van der Waals surface area contributed by atoms with Crippen LogP contribution in [-0.2, 0) is 11.2 Å². The van der Waals surface area contributed by atoms with E-state index in [0.29, 0.717) is 17.1 Å². The quantitative estimate of drug-likeness (QED) is 0.675. The second kappa shape index (κ2) is 7.28. The van der Waals surface area contributed by atoms with Gasteiger partial charge >= 0.3 is 0 Å². The fraction of sp³-hybridized carbons (Fsp3) is 0.100. The second-order valence-corrected chi connectivity index (χ2v) is 5.98. The van der Waals surface area contributed by atoms with Gasteiger partial charge in [-0.1, -0.05) is 48.0 Å². The molecule has 4 heteroatoms. The van der Waals surface area contributed by atoms with Gasteiger partial charge in [0.25, 0.3) is 0 Å². The van der Waals surface area contributed by atoms with Crippen LogP contribution in [0.5, 0.6) is 0 Å². The van der Waals surface area contributed by atoms with Crippen molar-refractivity contribution >= 4 is 34.1 Å². The van der Waals surface area contributed by atoms with Crippen molar-refractivity contribution in [2.75, 3.05) is 5.32 Å². The van der Waals surface area contributed by atoms with E-state index in [4.69, 9.17) is 11.6 Å². The molecule has 120 valence electrons. The molecule has 1 N–H and O–H groups in total. The highest BCUT2D eigenvalue weighted by molar-refractivity contribution is 6.30. The molecule has 0 spiro atoms. The molecule has 2 aromatic carbocycles. The first-order valence-corrected chi connectivity index (χ1v) is 8.07. The van der Waals surface area contributed by atoms with Gasteiger partial charge < -0.3 is 5.32 Å². The average Bonchev–Trinajstić information content (AvgIpc) is 2.61. The van der Waals surface area contributed by atoms with E-state index in [9.17, 15) is 4.79 Å². The maximum absolute atomic E-state index is 12.6. The molecule has 1 unspecified atom stereocenters. The molecular formula is C20H17ClN2O. The number of benzene rings is 2. The number of para-hydroxylation sites is 1. The molecule has 0 fully saturated rings. The van der Waals surface area contributed by atoms with E-state index >= 15 is 0 Å². The summed E-state index contributed by atoms with van der Waals surface area (Å²) in [5, 5.41) is 4.64. The lowest BCUT2D eigenvalue weighted by Crippen LogP contribution is -2.23. The maximum atomic E-state index is 12.6. The summed E-state index contributed by atoms with van der Waals surface area (Å²) in [6.07, 6.45) is 3.96. The highest BCUT2D eigenvalue weighted by Gasteiger charge is 2.17. The molecule has 3 nitrogen and oxygen atoms in total. The van der Waals surface area contributed by atoms with Crippen molar-refractivity contribution in [3.63, 3.8) is 0 Å². The first kappa shape index (κ1) is 16.2. The second-order valence-electron chi connectivity index (χ2n) is 5.54. The van der Waals surface area contributed by atoms with Crippen LogP contribution < -0.4 is 5.32 Å². The van der Waals surface area contributed by atoms with Gasteiger partial charge in [0.2, 0.25) is 5.91 Å². The molecule has 0 aliphatic heterocycles. The van der Waals surface area contributed by atoms with Crippen LogP contribution in [0.25, 0.3) is 10.9 Å². The van der Waals surface area contributed by atoms with Gasteiger partial charge in [-0.05, 0) is 36.2 Å². The molecule has 0 radical (unpaired) electrons. The van der Waals surface area contributed by atoms with Crippen molar-refractivity contribution < 1.29 is 4.79 Å². The summed E-state index contributed by atoms with van der Waals surface area (Å²) in [5.41, 5.74) is 2.53. The van der Waals surface area contributed by atoms with Crippen molar-refractivity contribution in [1.82, 2.24) is 4.98 Å². The van der Waals surface area contributed by atoms with Crippen LogP contribution in [0.4, 0.5) is 5.69 Å².